The first kappa shape index (κ1) is 23.7. The summed E-state index contributed by atoms with van der Waals surface area (Å²) < 4.78 is 13.3. The van der Waals surface area contributed by atoms with Crippen molar-refractivity contribution < 1.29 is 14.0 Å². The molecule has 1 aromatic heterocycles. The van der Waals surface area contributed by atoms with Gasteiger partial charge in [-0.1, -0.05) is 54.6 Å². The molecule has 32 heavy (non-hydrogen) atoms. The number of halogens is 2. The van der Waals surface area contributed by atoms with E-state index in [1.807, 2.05) is 35.7 Å². The van der Waals surface area contributed by atoms with E-state index >= 15 is 0 Å². The van der Waals surface area contributed by atoms with E-state index in [1.165, 1.54) is 17.0 Å². The van der Waals surface area contributed by atoms with E-state index in [0.29, 0.717) is 18.7 Å². The smallest absolute Gasteiger partial charge is 0.245 e. The van der Waals surface area contributed by atoms with Gasteiger partial charge in [-0.3, -0.25) is 9.59 Å². The first-order chi connectivity index (χ1) is 15.5. The Kier molecular flexibility index (Phi) is 8.59. The van der Waals surface area contributed by atoms with Crippen molar-refractivity contribution in [1.29, 1.82) is 0 Å². The molecular formula is C25H24ClFN2O2S. The van der Waals surface area contributed by atoms with Gasteiger partial charge < -0.3 is 9.80 Å². The molecule has 0 saturated carbocycles. The molecule has 1 atom stereocenters. The molecule has 4 nitrogen and oxygen atoms in total. The van der Waals surface area contributed by atoms with Gasteiger partial charge in [0.25, 0.3) is 0 Å². The third kappa shape index (κ3) is 6.52. The summed E-state index contributed by atoms with van der Waals surface area (Å²) in [5.41, 5.74) is 1.47. The molecule has 7 heteroatoms. The van der Waals surface area contributed by atoms with Gasteiger partial charge in [-0.05, 0) is 34.7 Å². The molecule has 0 radical (unpaired) electrons. The molecule has 0 aliphatic rings. The molecular weight excluding hydrogens is 447 g/mol. The largest absolute Gasteiger partial charge is 0.332 e. The van der Waals surface area contributed by atoms with Crippen molar-refractivity contribution in [2.24, 2.45) is 0 Å². The Balaban J connectivity index is 1.77. The van der Waals surface area contributed by atoms with Gasteiger partial charge in [0, 0.05) is 18.0 Å². The SMILES string of the molecule is C=CCN(CC(=O)N(Cc1ccc(F)cc1)Cc1cccs1)C(=O)C(Cl)c1ccccc1. The lowest BCUT2D eigenvalue weighted by molar-refractivity contribution is -0.140. The summed E-state index contributed by atoms with van der Waals surface area (Å²) >= 11 is 7.97. The van der Waals surface area contributed by atoms with Crippen molar-refractivity contribution in [2.75, 3.05) is 13.1 Å². The summed E-state index contributed by atoms with van der Waals surface area (Å²) in [7, 11) is 0. The van der Waals surface area contributed by atoms with Crippen LogP contribution in [0.2, 0.25) is 0 Å². The Morgan fingerprint density at radius 3 is 2.34 bits per heavy atom. The maximum Gasteiger partial charge on any atom is 0.245 e. The second-order valence-corrected chi connectivity index (χ2v) is 8.70. The fourth-order valence-electron chi connectivity index (χ4n) is 3.21. The minimum Gasteiger partial charge on any atom is -0.332 e. The number of alkyl halides is 1. The number of thiophene rings is 1. The Morgan fingerprint density at radius 1 is 1.00 bits per heavy atom. The van der Waals surface area contributed by atoms with Crippen LogP contribution in [0.25, 0.3) is 0 Å². The molecule has 2 aromatic carbocycles. The summed E-state index contributed by atoms with van der Waals surface area (Å²) in [5, 5.41) is 1.05. The van der Waals surface area contributed by atoms with Crippen molar-refractivity contribution in [3.05, 3.63) is 107 Å². The Labute approximate surface area is 196 Å². The first-order valence-electron chi connectivity index (χ1n) is 10.1. The number of carbonyl (C=O) groups is 2. The lowest BCUT2D eigenvalue weighted by atomic mass is 10.1. The van der Waals surface area contributed by atoms with Crippen LogP contribution in [0.5, 0.6) is 0 Å². The van der Waals surface area contributed by atoms with Gasteiger partial charge in [0.2, 0.25) is 11.8 Å². The molecule has 0 N–H and O–H groups in total. The highest BCUT2D eigenvalue weighted by Gasteiger charge is 2.27. The minimum atomic E-state index is -0.896. The number of carbonyl (C=O) groups excluding carboxylic acids is 2. The zero-order valence-corrected chi connectivity index (χ0v) is 19.1. The number of amides is 2. The first-order valence-corrected chi connectivity index (χ1v) is 11.4. The molecule has 0 fully saturated rings. The zero-order valence-electron chi connectivity index (χ0n) is 17.5. The predicted molar refractivity (Wildman–Crippen MR) is 127 cm³/mol. The highest BCUT2D eigenvalue weighted by molar-refractivity contribution is 7.09. The third-order valence-electron chi connectivity index (χ3n) is 4.86. The quantitative estimate of drug-likeness (QED) is 0.293. The number of nitrogens with zero attached hydrogens (tertiary/aromatic N) is 2. The van der Waals surface area contributed by atoms with Crippen LogP contribution in [0.3, 0.4) is 0 Å². The molecule has 1 heterocycles. The molecule has 1 unspecified atom stereocenters. The number of rotatable bonds is 10. The van der Waals surface area contributed by atoms with Crippen LogP contribution < -0.4 is 0 Å². The maximum atomic E-state index is 13.3. The Hall–Kier alpha value is -2.96. The monoisotopic (exact) mass is 470 g/mol. The lowest BCUT2D eigenvalue weighted by Gasteiger charge is -2.28. The number of benzene rings is 2. The van der Waals surface area contributed by atoms with Crippen LogP contribution in [0.1, 0.15) is 21.4 Å². The second kappa shape index (κ2) is 11.6. The van der Waals surface area contributed by atoms with Crippen LogP contribution >= 0.6 is 22.9 Å². The van der Waals surface area contributed by atoms with Crippen LogP contribution in [0, 0.1) is 5.82 Å². The van der Waals surface area contributed by atoms with E-state index in [1.54, 1.807) is 46.6 Å². The van der Waals surface area contributed by atoms with Gasteiger partial charge in [-0.2, -0.15) is 0 Å². The molecule has 166 valence electrons. The van der Waals surface area contributed by atoms with Gasteiger partial charge in [-0.25, -0.2) is 4.39 Å². The Bertz CT molecular complexity index is 1030. The van der Waals surface area contributed by atoms with Gasteiger partial charge >= 0.3 is 0 Å². The molecule has 0 bridgehead atoms. The molecule has 0 aliphatic heterocycles. The van der Waals surface area contributed by atoms with Crippen molar-refractivity contribution in [3.63, 3.8) is 0 Å². The average Bonchev–Trinajstić information content (AvgIpc) is 3.32. The van der Waals surface area contributed by atoms with E-state index < -0.39 is 5.38 Å². The molecule has 3 aromatic rings. The standard InChI is InChI=1S/C25H24ClFN2O2S/c1-2-14-28(25(31)24(26)20-7-4-3-5-8-20)18-23(30)29(17-22-9-6-15-32-22)16-19-10-12-21(27)13-11-19/h2-13,15,24H,1,14,16-18H2. The predicted octanol–water partition coefficient (Wildman–Crippen LogP) is 5.41. The zero-order chi connectivity index (χ0) is 22.9. The van der Waals surface area contributed by atoms with Crippen LogP contribution in [0.15, 0.2) is 84.8 Å². The van der Waals surface area contributed by atoms with Crippen LogP contribution in [-0.2, 0) is 22.7 Å². The van der Waals surface area contributed by atoms with Crippen molar-refractivity contribution >= 4 is 34.8 Å². The molecule has 0 aliphatic carbocycles. The van der Waals surface area contributed by atoms with E-state index in [9.17, 15) is 14.0 Å². The van der Waals surface area contributed by atoms with E-state index in [2.05, 4.69) is 6.58 Å². The highest BCUT2D eigenvalue weighted by atomic mass is 35.5. The molecule has 0 spiro atoms. The minimum absolute atomic E-state index is 0.131. The fourth-order valence-corrected chi connectivity index (χ4v) is 4.21. The van der Waals surface area contributed by atoms with Gasteiger partial charge in [0.15, 0.2) is 0 Å². The van der Waals surface area contributed by atoms with Crippen molar-refractivity contribution in [2.45, 2.75) is 18.5 Å². The van der Waals surface area contributed by atoms with Gasteiger partial charge in [0.05, 0.1) is 6.54 Å². The average molecular weight is 471 g/mol. The molecule has 0 saturated heterocycles. The van der Waals surface area contributed by atoms with E-state index in [0.717, 1.165) is 10.4 Å². The summed E-state index contributed by atoms with van der Waals surface area (Å²) in [6, 6.07) is 18.9. The number of hydrogen-bond donors (Lipinski definition) is 0. The summed E-state index contributed by atoms with van der Waals surface area (Å²) in [5.74, 6) is -0.916. The topological polar surface area (TPSA) is 40.6 Å². The Morgan fingerprint density at radius 2 is 1.72 bits per heavy atom. The fraction of sp³-hybridized carbons (Fsp3) is 0.200. The third-order valence-corrected chi connectivity index (χ3v) is 6.16. The van der Waals surface area contributed by atoms with E-state index in [4.69, 9.17) is 11.6 Å². The van der Waals surface area contributed by atoms with Gasteiger partial charge in [-0.15, -0.1) is 29.5 Å². The summed E-state index contributed by atoms with van der Waals surface area (Å²) in [6.45, 7) is 4.47. The molecule has 3 rings (SSSR count). The van der Waals surface area contributed by atoms with Crippen LogP contribution in [0.4, 0.5) is 4.39 Å². The normalized spacial score (nSPS) is 11.6. The van der Waals surface area contributed by atoms with E-state index in [-0.39, 0.29) is 30.7 Å². The van der Waals surface area contributed by atoms with Crippen LogP contribution in [-0.4, -0.2) is 34.7 Å². The lowest BCUT2D eigenvalue weighted by Crippen LogP contribution is -2.43. The number of hydrogen-bond acceptors (Lipinski definition) is 3. The van der Waals surface area contributed by atoms with Gasteiger partial charge in [0.1, 0.15) is 17.7 Å². The van der Waals surface area contributed by atoms with Crippen molar-refractivity contribution in [3.8, 4) is 0 Å². The maximum absolute atomic E-state index is 13.3. The highest BCUT2D eigenvalue weighted by Crippen LogP contribution is 2.23. The summed E-state index contributed by atoms with van der Waals surface area (Å²) in [4.78, 5) is 30.4. The van der Waals surface area contributed by atoms with Crippen molar-refractivity contribution in [1.82, 2.24) is 9.80 Å². The summed E-state index contributed by atoms with van der Waals surface area (Å²) in [6.07, 6.45) is 1.57. The molecule has 2 amide bonds. The second-order valence-electron chi connectivity index (χ2n) is 7.24.